The maximum absolute atomic E-state index is 11.3. The maximum Gasteiger partial charge on any atom is 0.339 e. The summed E-state index contributed by atoms with van der Waals surface area (Å²) >= 11 is 0. The average Bonchev–Trinajstić information content (AvgIpc) is 2.55. The predicted octanol–water partition coefficient (Wildman–Crippen LogP) is 2.79. The number of carbonyl (C=O) groups is 1. The van der Waals surface area contributed by atoms with Crippen molar-refractivity contribution >= 4 is 11.7 Å². The lowest BCUT2D eigenvalue weighted by molar-refractivity contribution is 0.0693. The molecule has 2 aromatic rings. The quantitative estimate of drug-likeness (QED) is 0.940. The van der Waals surface area contributed by atoms with Crippen LogP contribution in [0, 0.1) is 0 Å². The summed E-state index contributed by atoms with van der Waals surface area (Å²) < 4.78 is 10.7. The SMILES string of the molecule is COc1ccc(CN2CCOc3ccccc32)cc1C(=O)O. The number of methoxy groups -OCH3 is 1. The lowest BCUT2D eigenvalue weighted by atomic mass is 10.1. The smallest absolute Gasteiger partial charge is 0.339 e. The number of carboxylic acid groups (broad SMARTS) is 1. The van der Waals surface area contributed by atoms with Crippen LogP contribution in [0.1, 0.15) is 15.9 Å². The second-order valence-corrected chi connectivity index (χ2v) is 5.08. The van der Waals surface area contributed by atoms with Gasteiger partial charge in [-0.05, 0) is 29.8 Å². The van der Waals surface area contributed by atoms with Crippen LogP contribution < -0.4 is 14.4 Å². The molecule has 0 aromatic heterocycles. The molecule has 1 aliphatic heterocycles. The summed E-state index contributed by atoms with van der Waals surface area (Å²) in [6, 6.07) is 13.1. The normalized spacial score (nSPS) is 13.2. The van der Waals surface area contributed by atoms with Crippen LogP contribution in [0.2, 0.25) is 0 Å². The van der Waals surface area contributed by atoms with Gasteiger partial charge in [0.05, 0.1) is 19.3 Å². The van der Waals surface area contributed by atoms with E-state index in [1.165, 1.54) is 7.11 Å². The van der Waals surface area contributed by atoms with E-state index in [0.717, 1.165) is 23.5 Å². The topological polar surface area (TPSA) is 59.0 Å². The van der Waals surface area contributed by atoms with Crippen molar-refractivity contribution in [3.05, 3.63) is 53.6 Å². The number of nitrogens with zero attached hydrogens (tertiary/aromatic N) is 1. The fourth-order valence-corrected chi connectivity index (χ4v) is 2.63. The summed E-state index contributed by atoms with van der Waals surface area (Å²) in [5.41, 5.74) is 2.14. The number of ether oxygens (including phenoxy) is 2. The highest BCUT2D eigenvalue weighted by Crippen LogP contribution is 2.32. The molecule has 5 nitrogen and oxygen atoms in total. The second kappa shape index (κ2) is 5.97. The fraction of sp³-hybridized carbons (Fsp3) is 0.235. The molecule has 3 rings (SSSR count). The van der Waals surface area contributed by atoms with Gasteiger partial charge in [-0.3, -0.25) is 0 Å². The molecule has 0 amide bonds. The number of hydrogen-bond acceptors (Lipinski definition) is 4. The Balaban J connectivity index is 1.88. The molecule has 0 unspecified atom stereocenters. The minimum Gasteiger partial charge on any atom is -0.496 e. The Kier molecular flexibility index (Phi) is 3.87. The molecule has 0 fully saturated rings. The van der Waals surface area contributed by atoms with E-state index in [0.29, 0.717) is 18.9 Å². The molecule has 0 aliphatic carbocycles. The van der Waals surface area contributed by atoms with Crippen LogP contribution in [-0.2, 0) is 6.54 Å². The molecule has 0 saturated carbocycles. The van der Waals surface area contributed by atoms with E-state index >= 15 is 0 Å². The molecule has 0 saturated heterocycles. The summed E-state index contributed by atoms with van der Waals surface area (Å²) in [5, 5.41) is 9.27. The summed E-state index contributed by atoms with van der Waals surface area (Å²) in [6.45, 7) is 2.02. The molecule has 1 aliphatic rings. The Morgan fingerprint density at radius 3 is 2.91 bits per heavy atom. The molecule has 0 bridgehead atoms. The average molecular weight is 299 g/mol. The lowest BCUT2D eigenvalue weighted by Crippen LogP contribution is -2.32. The number of fused-ring (bicyclic) bond motifs is 1. The van der Waals surface area contributed by atoms with E-state index < -0.39 is 5.97 Å². The van der Waals surface area contributed by atoms with Crippen molar-refractivity contribution in [2.75, 3.05) is 25.2 Å². The van der Waals surface area contributed by atoms with Gasteiger partial charge in [0.25, 0.3) is 0 Å². The molecule has 0 spiro atoms. The van der Waals surface area contributed by atoms with Gasteiger partial charge in [-0.25, -0.2) is 4.79 Å². The minimum absolute atomic E-state index is 0.182. The third kappa shape index (κ3) is 2.70. The Labute approximate surface area is 128 Å². The first-order chi connectivity index (χ1) is 10.7. The van der Waals surface area contributed by atoms with Crippen LogP contribution in [0.3, 0.4) is 0 Å². The highest BCUT2D eigenvalue weighted by molar-refractivity contribution is 5.91. The highest BCUT2D eigenvalue weighted by Gasteiger charge is 2.19. The van der Waals surface area contributed by atoms with Crippen molar-refractivity contribution in [3.63, 3.8) is 0 Å². The zero-order valence-corrected chi connectivity index (χ0v) is 12.3. The van der Waals surface area contributed by atoms with Crippen molar-refractivity contribution in [2.24, 2.45) is 0 Å². The van der Waals surface area contributed by atoms with Crippen LogP contribution in [0.4, 0.5) is 5.69 Å². The zero-order valence-electron chi connectivity index (χ0n) is 12.3. The van der Waals surface area contributed by atoms with E-state index in [1.54, 1.807) is 12.1 Å². The van der Waals surface area contributed by atoms with E-state index in [1.807, 2.05) is 30.3 Å². The number of anilines is 1. The molecule has 5 heteroatoms. The van der Waals surface area contributed by atoms with E-state index in [2.05, 4.69) is 4.90 Å². The monoisotopic (exact) mass is 299 g/mol. The number of para-hydroxylation sites is 2. The van der Waals surface area contributed by atoms with Crippen LogP contribution in [-0.4, -0.2) is 31.3 Å². The molecule has 0 radical (unpaired) electrons. The van der Waals surface area contributed by atoms with Gasteiger partial charge in [0, 0.05) is 6.54 Å². The van der Waals surface area contributed by atoms with Crippen LogP contribution in [0.25, 0.3) is 0 Å². The van der Waals surface area contributed by atoms with Gasteiger partial charge in [0.15, 0.2) is 0 Å². The number of hydrogen-bond donors (Lipinski definition) is 1. The molecule has 1 heterocycles. The highest BCUT2D eigenvalue weighted by atomic mass is 16.5. The van der Waals surface area contributed by atoms with Crippen LogP contribution in [0.15, 0.2) is 42.5 Å². The van der Waals surface area contributed by atoms with Crippen molar-refractivity contribution in [1.29, 1.82) is 0 Å². The molecule has 22 heavy (non-hydrogen) atoms. The minimum atomic E-state index is -0.985. The zero-order chi connectivity index (χ0) is 15.5. The largest absolute Gasteiger partial charge is 0.496 e. The second-order valence-electron chi connectivity index (χ2n) is 5.08. The number of benzene rings is 2. The Morgan fingerprint density at radius 2 is 2.14 bits per heavy atom. The maximum atomic E-state index is 11.3. The Morgan fingerprint density at radius 1 is 1.32 bits per heavy atom. The fourth-order valence-electron chi connectivity index (χ4n) is 2.63. The third-order valence-corrected chi connectivity index (χ3v) is 3.69. The van der Waals surface area contributed by atoms with Gasteiger partial charge in [0.1, 0.15) is 23.7 Å². The summed E-state index contributed by atoms with van der Waals surface area (Å²) in [4.78, 5) is 13.5. The van der Waals surface area contributed by atoms with E-state index in [-0.39, 0.29) is 5.56 Å². The van der Waals surface area contributed by atoms with Crippen molar-refractivity contribution in [1.82, 2.24) is 0 Å². The molecule has 114 valence electrons. The van der Waals surface area contributed by atoms with Gasteiger partial charge < -0.3 is 19.5 Å². The number of carboxylic acids is 1. The van der Waals surface area contributed by atoms with Gasteiger partial charge in [-0.2, -0.15) is 0 Å². The summed E-state index contributed by atoms with van der Waals surface area (Å²) in [5.74, 6) is 0.250. The van der Waals surface area contributed by atoms with E-state index in [9.17, 15) is 9.90 Å². The van der Waals surface area contributed by atoms with Crippen LogP contribution in [0.5, 0.6) is 11.5 Å². The predicted molar refractivity (Wildman–Crippen MR) is 82.9 cm³/mol. The first-order valence-corrected chi connectivity index (χ1v) is 7.06. The molecular formula is C17H17NO4. The van der Waals surface area contributed by atoms with Crippen LogP contribution >= 0.6 is 0 Å². The van der Waals surface area contributed by atoms with Crippen molar-refractivity contribution in [3.8, 4) is 11.5 Å². The summed E-state index contributed by atoms with van der Waals surface area (Å²) in [7, 11) is 1.47. The number of aromatic carboxylic acids is 1. The standard InChI is InChI=1S/C17H17NO4/c1-21-15-7-6-12(10-13(15)17(19)20)11-18-8-9-22-16-5-3-2-4-14(16)18/h2-7,10H,8-9,11H2,1H3,(H,19,20). The van der Waals surface area contributed by atoms with Gasteiger partial charge >= 0.3 is 5.97 Å². The summed E-state index contributed by atoms with van der Waals surface area (Å²) in [6.07, 6.45) is 0. The molecule has 1 N–H and O–H groups in total. The van der Waals surface area contributed by atoms with Crippen molar-refractivity contribution < 1.29 is 19.4 Å². The van der Waals surface area contributed by atoms with Crippen molar-refractivity contribution in [2.45, 2.75) is 6.54 Å². The Bertz CT molecular complexity index is 699. The van der Waals surface area contributed by atoms with Gasteiger partial charge in [-0.1, -0.05) is 18.2 Å². The van der Waals surface area contributed by atoms with E-state index in [4.69, 9.17) is 9.47 Å². The molecular weight excluding hydrogens is 282 g/mol. The number of rotatable bonds is 4. The van der Waals surface area contributed by atoms with Gasteiger partial charge in [-0.15, -0.1) is 0 Å². The lowest BCUT2D eigenvalue weighted by Gasteiger charge is -2.31. The molecule has 0 atom stereocenters. The first kappa shape index (κ1) is 14.3. The molecule has 2 aromatic carbocycles. The Hall–Kier alpha value is -2.69. The first-order valence-electron chi connectivity index (χ1n) is 7.06. The third-order valence-electron chi connectivity index (χ3n) is 3.69. The van der Waals surface area contributed by atoms with Gasteiger partial charge in [0.2, 0.25) is 0 Å².